The normalized spacial score (nSPS) is 10.3. The lowest BCUT2D eigenvalue weighted by molar-refractivity contribution is -0.144. The topological polar surface area (TPSA) is 104 Å². The second-order valence-corrected chi connectivity index (χ2v) is 5.50. The first-order chi connectivity index (χ1) is 13.1. The number of carbonyl (C=O) groups is 2. The van der Waals surface area contributed by atoms with Crippen molar-refractivity contribution in [3.8, 4) is 11.5 Å². The molecule has 138 valence electrons. The largest absolute Gasteiger partial charge is 0.457 e. The molecule has 0 unspecified atom stereocenters. The van der Waals surface area contributed by atoms with Crippen LogP contribution in [0.15, 0.2) is 59.0 Å². The lowest BCUT2D eigenvalue weighted by Gasteiger charge is -2.07. The molecule has 0 fully saturated rings. The molecule has 0 aliphatic heterocycles. The molecule has 0 atom stereocenters. The molecule has 8 nitrogen and oxygen atoms in total. The molecule has 1 amide bonds. The Morgan fingerprint density at radius 3 is 2.37 bits per heavy atom. The number of esters is 1. The lowest BCUT2D eigenvalue weighted by atomic mass is 10.2. The number of benzene rings is 2. The Morgan fingerprint density at radius 2 is 1.70 bits per heavy atom. The van der Waals surface area contributed by atoms with E-state index in [1.165, 1.54) is 0 Å². The first kappa shape index (κ1) is 18.1. The van der Waals surface area contributed by atoms with Gasteiger partial charge in [-0.15, -0.1) is 10.2 Å². The number of hydrogen-bond donors (Lipinski definition) is 1. The minimum atomic E-state index is -0.608. The Hall–Kier alpha value is -3.68. The van der Waals surface area contributed by atoms with Crippen molar-refractivity contribution >= 4 is 11.9 Å². The Balaban J connectivity index is 1.45. The van der Waals surface area contributed by atoms with Gasteiger partial charge in [0, 0.05) is 12.5 Å². The number of amides is 1. The Morgan fingerprint density at radius 1 is 1.00 bits per heavy atom. The molecular weight excluding hydrogens is 350 g/mol. The highest BCUT2D eigenvalue weighted by Gasteiger charge is 2.11. The van der Waals surface area contributed by atoms with Crippen molar-refractivity contribution in [1.82, 2.24) is 15.5 Å². The van der Waals surface area contributed by atoms with Gasteiger partial charge in [0.1, 0.15) is 18.0 Å². The molecule has 2 aromatic carbocycles. The summed E-state index contributed by atoms with van der Waals surface area (Å²) in [5.41, 5.74) is 0.399. The molecule has 1 heterocycles. The van der Waals surface area contributed by atoms with E-state index < -0.39 is 11.9 Å². The number of carbonyl (C=O) groups excluding carboxylic acids is 2. The van der Waals surface area contributed by atoms with E-state index in [1.54, 1.807) is 31.2 Å². The predicted octanol–water partition coefficient (Wildman–Crippen LogP) is 2.64. The zero-order valence-corrected chi connectivity index (χ0v) is 14.5. The fourth-order valence-electron chi connectivity index (χ4n) is 2.14. The molecule has 1 N–H and O–H groups in total. The van der Waals surface area contributed by atoms with Crippen LogP contribution in [0.2, 0.25) is 0 Å². The fourth-order valence-corrected chi connectivity index (χ4v) is 2.14. The van der Waals surface area contributed by atoms with E-state index in [0.29, 0.717) is 23.0 Å². The van der Waals surface area contributed by atoms with Crippen LogP contribution >= 0.6 is 0 Å². The number of hydrogen-bond acceptors (Lipinski definition) is 7. The molecule has 0 saturated carbocycles. The van der Waals surface area contributed by atoms with Crippen LogP contribution in [-0.2, 0) is 16.1 Å². The van der Waals surface area contributed by atoms with Gasteiger partial charge in [0.05, 0.1) is 0 Å². The van der Waals surface area contributed by atoms with Crippen molar-refractivity contribution in [2.45, 2.75) is 13.5 Å². The van der Waals surface area contributed by atoms with Crippen LogP contribution in [-0.4, -0.2) is 28.6 Å². The second kappa shape index (κ2) is 8.61. The molecular formula is C19H17N3O5. The maximum atomic E-state index is 12.1. The summed E-state index contributed by atoms with van der Waals surface area (Å²) >= 11 is 0. The molecule has 3 aromatic rings. The van der Waals surface area contributed by atoms with Crippen molar-refractivity contribution in [3.63, 3.8) is 0 Å². The summed E-state index contributed by atoms with van der Waals surface area (Å²) in [5.74, 6) is 0.881. The molecule has 0 aliphatic rings. The fraction of sp³-hybridized carbons (Fsp3) is 0.158. The molecule has 0 spiro atoms. The van der Waals surface area contributed by atoms with Crippen LogP contribution in [0, 0.1) is 6.92 Å². The predicted molar refractivity (Wildman–Crippen MR) is 94.1 cm³/mol. The molecule has 8 heteroatoms. The Bertz CT molecular complexity index is 907. The molecule has 1 aromatic heterocycles. The second-order valence-electron chi connectivity index (χ2n) is 5.50. The third-order valence-electron chi connectivity index (χ3n) is 3.41. The van der Waals surface area contributed by atoms with E-state index >= 15 is 0 Å². The van der Waals surface area contributed by atoms with Crippen molar-refractivity contribution in [2.75, 3.05) is 6.54 Å². The summed E-state index contributed by atoms with van der Waals surface area (Å²) in [6, 6.07) is 15.9. The lowest BCUT2D eigenvalue weighted by Crippen LogP contribution is -2.30. The van der Waals surface area contributed by atoms with Crippen LogP contribution < -0.4 is 10.1 Å². The van der Waals surface area contributed by atoms with Gasteiger partial charge in [-0.2, -0.15) is 0 Å². The summed E-state index contributed by atoms with van der Waals surface area (Å²) < 4.78 is 15.7. The smallest absolute Gasteiger partial charge is 0.325 e. The first-order valence-electron chi connectivity index (χ1n) is 8.16. The zero-order valence-electron chi connectivity index (χ0n) is 14.5. The van der Waals surface area contributed by atoms with E-state index in [0.717, 1.165) is 0 Å². The van der Waals surface area contributed by atoms with E-state index in [1.807, 2.05) is 30.3 Å². The van der Waals surface area contributed by atoms with Crippen LogP contribution in [0.3, 0.4) is 0 Å². The standard InChI is InChI=1S/C19H17N3O5/c1-13-21-22-17(26-13)12-25-18(23)11-20-19(24)14-7-9-16(10-8-14)27-15-5-3-2-4-6-15/h2-10H,11-12H2,1H3,(H,20,24). The van der Waals surface area contributed by atoms with Crippen LogP contribution in [0.1, 0.15) is 22.1 Å². The van der Waals surface area contributed by atoms with Crippen LogP contribution in [0.4, 0.5) is 0 Å². The molecule has 0 radical (unpaired) electrons. The number of rotatable bonds is 7. The van der Waals surface area contributed by atoms with Crippen LogP contribution in [0.5, 0.6) is 11.5 Å². The number of aromatic nitrogens is 2. The van der Waals surface area contributed by atoms with E-state index in [2.05, 4.69) is 15.5 Å². The van der Waals surface area contributed by atoms with Crippen LogP contribution in [0.25, 0.3) is 0 Å². The average Bonchev–Trinajstić information content (AvgIpc) is 3.11. The van der Waals surface area contributed by atoms with Gasteiger partial charge in [0.15, 0.2) is 6.61 Å². The quantitative estimate of drug-likeness (QED) is 0.640. The highest BCUT2D eigenvalue weighted by atomic mass is 16.5. The number of nitrogens with one attached hydrogen (secondary N) is 1. The SMILES string of the molecule is Cc1nnc(COC(=O)CNC(=O)c2ccc(Oc3ccccc3)cc2)o1. The molecule has 3 rings (SSSR count). The summed E-state index contributed by atoms with van der Waals surface area (Å²) in [4.78, 5) is 23.8. The maximum Gasteiger partial charge on any atom is 0.325 e. The van der Waals surface area contributed by atoms with E-state index in [9.17, 15) is 9.59 Å². The molecule has 27 heavy (non-hydrogen) atoms. The van der Waals surface area contributed by atoms with Crippen molar-refractivity contribution in [1.29, 1.82) is 0 Å². The van der Waals surface area contributed by atoms with Gasteiger partial charge >= 0.3 is 5.97 Å². The van der Waals surface area contributed by atoms with E-state index in [4.69, 9.17) is 13.9 Å². The summed E-state index contributed by atoms with van der Waals surface area (Å²) in [7, 11) is 0. The molecule has 0 bridgehead atoms. The van der Waals surface area contributed by atoms with Gasteiger partial charge in [0.2, 0.25) is 5.89 Å². The average molecular weight is 367 g/mol. The van der Waals surface area contributed by atoms with Gasteiger partial charge in [-0.1, -0.05) is 18.2 Å². The highest BCUT2D eigenvalue weighted by molar-refractivity contribution is 5.96. The summed E-state index contributed by atoms with van der Waals surface area (Å²) in [6.07, 6.45) is 0. The van der Waals surface area contributed by atoms with Gasteiger partial charge in [-0.3, -0.25) is 9.59 Å². The molecule has 0 aliphatic carbocycles. The van der Waals surface area contributed by atoms with Gasteiger partial charge in [0.25, 0.3) is 11.8 Å². The van der Waals surface area contributed by atoms with Crippen molar-refractivity contribution < 1.29 is 23.5 Å². The number of nitrogens with zero attached hydrogens (tertiary/aromatic N) is 2. The number of para-hydroxylation sites is 1. The van der Waals surface area contributed by atoms with Gasteiger partial charge in [-0.25, -0.2) is 0 Å². The Labute approximate surface area is 155 Å². The van der Waals surface area contributed by atoms with E-state index in [-0.39, 0.29) is 19.0 Å². The molecule has 0 saturated heterocycles. The van der Waals surface area contributed by atoms with Gasteiger partial charge in [-0.05, 0) is 36.4 Å². The Kier molecular flexibility index (Phi) is 5.78. The zero-order chi connectivity index (χ0) is 19.1. The van der Waals surface area contributed by atoms with Crippen molar-refractivity contribution in [2.24, 2.45) is 0 Å². The first-order valence-corrected chi connectivity index (χ1v) is 8.16. The van der Waals surface area contributed by atoms with Gasteiger partial charge < -0.3 is 19.2 Å². The number of ether oxygens (including phenoxy) is 2. The minimum absolute atomic E-state index is 0.138. The van der Waals surface area contributed by atoms with Crippen molar-refractivity contribution in [3.05, 3.63) is 71.9 Å². The highest BCUT2D eigenvalue weighted by Crippen LogP contribution is 2.21. The third kappa shape index (κ3) is 5.40. The summed E-state index contributed by atoms with van der Waals surface area (Å²) in [6.45, 7) is 1.23. The number of aryl methyl sites for hydroxylation is 1. The summed E-state index contributed by atoms with van der Waals surface area (Å²) in [5, 5.41) is 9.82. The third-order valence-corrected chi connectivity index (χ3v) is 3.41. The minimum Gasteiger partial charge on any atom is -0.457 e. The monoisotopic (exact) mass is 367 g/mol. The maximum absolute atomic E-state index is 12.1.